The van der Waals surface area contributed by atoms with Crippen molar-refractivity contribution in [1.82, 2.24) is 4.57 Å². The molecule has 0 fully saturated rings. The molecule has 2 amide bonds. The number of thioether (sulfide) groups is 1. The lowest BCUT2D eigenvalue weighted by molar-refractivity contribution is 0.0984. The lowest BCUT2D eigenvalue weighted by Gasteiger charge is -2.23. The number of fused-ring (bicyclic) bond motifs is 2. The smallest absolute Gasteiger partial charge is 0.260 e. The fourth-order valence-electron chi connectivity index (χ4n) is 4.24. The Kier molecular flexibility index (Phi) is 6.60. The van der Waals surface area contributed by atoms with Crippen LogP contribution < -0.4 is 10.2 Å². The summed E-state index contributed by atoms with van der Waals surface area (Å²) in [7, 11) is 0. The highest BCUT2D eigenvalue weighted by molar-refractivity contribution is 7.98. The largest absolute Gasteiger partial charge is 0.345 e. The third-order valence-electron chi connectivity index (χ3n) is 6.00. The van der Waals surface area contributed by atoms with Gasteiger partial charge in [0.15, 0.2) is 0 Å². The Balaban J connectivity index is 1.47. The number of halogens is 2. The molecule has 0 saturated heterocycles. The highest BCUT2D eigenvalue weighted by Crippen LogP contribution is 2.34. The molecule has 2 heterocycles. The molecular formula is C27H21Cl2N3O2S. The Bertz CT molecular complexity index is 1450. The highest BCUT2D eigenvalue weighted by Gasteiger charge is 2.27. The lowest BCUT2D eigenvalue weighted by Crippen LogP contribution is -2.31. The van der Waals surface area contributed by atoms with E-state index in [1.54, 1.807) is 17.0 Å². The number of rotatable bonds is 4. The minimum atomic E-state index is -0.297. The summed E-state index contributed by atoms with van der Waals surface area (Å²) in [5.41, 5.74) is 4.05. The van der Waals surface area contributed by atoms with Gasteiger partial charge in [0.05, 0.1) is 33.4 Å². The number of nitrogens with one attached hydrogen (secondary N) is 1. The molecule has 8 heteroatoms. The van der Waals surface area contributed by atoms with E-state index in [2.05, 4.69) is 9.88 Å². The number of carbonyl (C=O) groups excluding carboxylic acids is 2. The monoisotopic (exact) mass is 521 g/mol. The molecule has 1 aliphatic heterocycles. The number of aromatic nitrogens is 1. The molecule has 0 spiro atoms. The van der Waals surface area contributed by atoms with E-state index in [4.69, 9.17) is 23.2 Å². The van der Waals surface area contributed by atoms with Crippen LogP contribution in [0.15, 0.2) is 83.9 Å². The molecular weight excluding hydrogens is 501 g/mol. The summed E-state index contributed by atoms with van der Waals surface area (Å²) in [5, 5.41) is 3.27. The minimum Gasteiger partial charge on any atom is -0.345 e. The SMILES string of the molecule is CSc1ccccc1C(=O)Nc1cc(Cl)c(C(=O)N2Cc3cccn3Cc3ccccc32)cc1Cl. The molecule has 35 heavy (non-hydrogen) atoms. The molecule has 1 N–H and O–H groups in total. The Morgan fingerprint density at radius 2 is 1.66 bits per heavy atom. The molecule has 0 aliphatic carbocycles. The van der Waals surface area contributed by atoms with E-state index in [1.165, 1.54) is 23.9 Å². The molecule has 5 nitrogen and oxygen atoms in total. The van der Waals surface area contributed by atoms with E-state index in [9.17, 15) is 9.59 Å². The van der Waals surface area contributed by atoms with Gasteiger partial charge in [0.25, 0.3) is 11.8 Å². The molecule has 1 aromatic heterocycles. The van der Waals surface area contributed by atoms with Crippen molar-refractivity contribution in [2.75, 3.05) is 16.5 Å². The van der Waals surface area contributed by atoms with Gasteiger partial charge in [-0.2, -0.15) is 0 Å². The molecule has 1 aliphatic rings. The van der Waals surface area contributed by atoms with Crippen molar-refractivity contribution < 1.29 is 9.59 Å². The van der Waals surface area contributed by atoms with Gasteiger partial charge in [0, 0.05) is 29.0 Å². The normalized spacial score (nSPS) is 12.5. The maximum Gasteiger partial charge on any atom is 0.260 e. The number of anilines is 2. The zero-order valence-electron chi connectivity index (χ0n) is 18.8. The van der Waals surface area contributed by atoms with E-state index in [-0.39, 0.29) is 27.4 Å². The predicted molar refractivity (Wildman–Crippen MR) is 143 cm³/mol. The predicted octanol–water partition coefficient (Wildman–Crippen LogP) is 6.98. The van der Waals surface area contributed by atoms with Crippen molar-refractivity contribution in [3.8, 4) is 0 Å². The molecule has 176 valence electrons. The standard InChI is InChI=1S/C27H21Cl2N3O2S/c1-35-25-11-5-3-9-19(25)26(33)30-23-14-21(28)20(13-22(23)29)27(34)32-16-18-8-6-12-31(18)15-17-7-2-4-10-24(17)32/h2-14H,15-16H2,1H3,(H,30,33). The van der Waals surface area contributed by atoms with Crippen LogP contribution in [0.2, 0.25) is 10.0 Å². The third kappa shape index (κ3) is 4.57. The van der Waals surface area contributed by atoms with Crippen molar-refractivity contribution in [2.45, 2.75) is 18.0 Å². The quantitative estimate of drug-likeness (QED) is 0.294. The first-order valence-electron chi connectivity index (χ1n) is 10.9. The Morgan fingerprint density at radius 3 is 2.49 bits per heavy atom. The molecule has 0 radical (unpaired) electrons. The summed E-state index contributed by atoms with van der Waals surface area (Å²) in [6, 6.07) is 22.2. The summed E-state index contributed by atoms with van der Waals surface area (Å²) in [4.78, 5) is 29.2. The first-order chi connectivity index (χ1) is 17.0. The number of hydrogen-bond acceptors (Lipinski definition) is 3. The average Bonchev–Trinajstić information content (AvgIpc) is 3.24. The number of carbonyl (C=O) groups is 2. The van der Waals surface area contributed by atoms with Gasteiger partial charge in [-0.05, 0) is 54.3 Å². The number of benzene rings is 3. The lowest BCUT2D eigenvalue weighted by atomic mass is 10.1. The Hall–Kier alpha value is -3.19. The summed E-state index contributed by atoms with van der Waals surface area (Å²) >= 11 is 14.6. The summed E-state index contributed by atoms with van der Waals surface area (Å²) in [6.45, 7) is 1.08. The van der Waals surface area contributed by atoms with Crippen molar-refractivity contribution >= 4 is 58.2 Å². The van der Waals surface area contributed by atoms with E-state index in [1.807, 2.05) is 61.0 Å². The molecule has 4 aromatic rings. The summed E-state index contributed by atoms with van der Waals surface area (Å²) < 4.78 is 2.13. The number of nitrogens with zero attached hydrogens (tertiary/aromatic N) is 2. The molecule has 0 unspecified atom stereocenters. The van der Waals surface area contributed by atoms with E-state index in [0.29, 0.717) is 24.3 Å². The van der Waals surface area contributed by atoms with Gasteiger partial charge in [0.1, 0.15) is 0 Å². The third-order valence-corrected chi connectivity index (χ3v) is 7.42. The van der Waals surface area contributed by atoms with E-state index < -0.39 is 0 Å². The van der Waals surface area contributed by atoms with Crippen molar-refractivity contribution in [3.63, 3.8) is 0 Å². The average molecular weight is 522 g/mol. The van der Waals surface area contributed by atoms with Crippen molar-refractivity contribution in [1.29, 1.82) is 0 Å². The van der Waals surface area contributed by atoms with E-state index in [0.717, 1.165) is 21.8 Å². The molecule has 5 rings (SSSR count). The van der Waals surface area contributed by atoms with Gasteiger partial charge in [0.2, 0.25) is 0 Å². The first kappa shape index (κ1) is 23.5. The van der Waals surface area contributed by atoms with Crippen LogP contribution in [0.5, 0.6) is 0 Å². The van der Waals surface area contributed by atoms with Crippen molar-refractivity contribution in [2.24, 2.45) is 0 Å². The number of para-hydroxylation sites is 1. The summed E-state index contributed by atoms with van der Waals surface area (Å²) in [6.07, 6.45) is 3.92. The van der Waals surface area contributed by atoms with Crippen LogP contribution in [0.25, 0.3) is 0 Å². The van der Waals surface area contributed by atoms with Crippen molar-refractivity contribution in [3.05, 3.63) is 111 Å². The van der Waals surface area contributed by atoms with Gasteiger partial charge >= 0.3 is 0 Å². The highest BCUT2D eigenvalue weighted by atomic mass is 35.5. The first-order valence-corrected chi connectivity index (χ1v) is 12.9. The van der Waals surface area contributed by atoms with Crippen LogP contribution in [0, 0.1) is 0 Å². The number of amides is 2. The second kappa shape index (κ2) is 9.82. The van der Waals surface area contributed by atoms with Gasteiger partial charge in [-0.3, -0.25) is 9.59 Å². The van der Waals surface area contributed by atoms with Gasteiger partial charge < -0.3 is 14.8 Å². The van der Waals surface area contributed by atoms with E-state index >= 15 is 0 Å². The van der Waals surface area contributed by atoms with Crippen LogP contribution in [-0.4, -0.2) is 22.6 Å². The maximum absolute atomic E-state index is 13.7. The zero-order chi connectivity index (χ0) is 24.5. The molecule has 0 saturated carbocycles. The summed E-state index contributed by atoms with van der Waals surface area (Å²) in [5.74, 6) is -0.557. The fraction of sp³-hybridized carbons (Fsp3) is 0.111. The second-order valence-electron chi connectivity index (χ2n) is 8.11. The second-order valence-corrected chi connectivity index (χ2v) is 9.78. The Morgan fingerprint density at radius 1 is 0.886 bits per heavy atom. The van der Waals surface area contributed by atoms with Crippen LogP contribution in [0.4, 0.5) is 11.4 Å². The topological polar surface area (TPSA) is 54.3 Å². The molecule has 0 atom stereocenters. The van der Waals surface area contributed by atoms with Gasteiger partial charge in [-0.1, -0.05) is 53.5 Å². The maximum atomic E-state index is 13.7. The Labute approximate surface area is 217 Å². The van der Waals surface area contributed by atoms with Crippen LogP contribution >= 0.6 is 35.0 Å². The minimum absolute atomic E-state index is 0.213. The van der Waals surface area contributed by atoms with Crippen LogP contribution in [0.3, 0.4) is 0 Å². The molecule has 3 aromatic carbocycles. The fourth-order valence-corrected chi connectivity index (χ4v) is 5.29. The van der Waals surface area contributed by atoms with Crippen LogP contribution in [0.1, 0.15) is 32.0 Å². The number of hydrogen-bond donors (Lipinski definition) is 1. The van der Waals surface area contributed by atoms with Crippen LogP contribution in [-0.2, 0) is 13.1 Å². The van der Waals surface area contributed by atoms with Gasteiger partial charge in [-0.25, -0.2) is 0 Å². The zero-order valence-corrected chi connectivity index (χ0v) is 21.1. The molecule has 0 bridgehead atoms. The van der Waals surface area contributed by atoms with Gasteiger partial charge in [-0.15, -0.1) is 11.8 Å².